The molecule has 0 bridgehead atoms. The molecule has 6 nitrogen and oxygen atoms in total. The lowest BCUT2D eigenvalue weighted by atomic mass is 9.95. The Morgan fingerprint density at radius 3 is 2.29 bits per heavy atom. The third kappa shape index (κ3) is 4.19. The molecule has 1 unspecified atom stereocenters. The Morgan fingerprint density at radius 1 is 0.839 bits per heavy atom. The van der Waals surface area contributed by atoms with Crippen molar-refractivity contribution in [2.75, 3.05) is 31.1 Å². The van der Waals surface area contributed by atoms with Gasteiger partial charge in [-0.05, 0) is 41.5 Å². The maximum Gasteiger partial charge on any atom is 0.173 e. The summed E-state index contributed by atoms with van der Waals surface area (Å²) in [6.45, 7) is 3.43. The van der Waals surface area contributed by atoms with Crippen LogP contribution in [0.3, 0.4) is 0 Å². The van der Waals surface area contributed by atoms with Crippen molar-refractivity contribution in [3.63, 3.8) is 0 Å². The van der Waals surface area contributed by atoms with Crippen molar-refractivity contribution in [3.05, 3.63) is 71.8 Å². The molecule has 5 rings (SSSR count). The molecular weight excluding hydrogens is 391 g/mol. The third-order valence-electron chi connectivity index (χ3n) is 6.68. The second-order valence-electron chi connectivity index (χ2n) is 8.56. The number of para-hydroxylation sites is 1. The molecule has 1 aliphatic carbocycles. The number of aromatic nitrogens is 4. The second-order valence-corrected chi connectivity index (χ2v) is 8.56. The fourth-order valence-corrected chi connectivity index (χ4v) is 5.04. The summed E-state index contributed by atoms with van der Waals surface area (Å²) in [5.41, 5.74) is 1.89. The summed E-state index contributed by atoms with van der Waals surface area (Å²) in [5, 5.41) is 12.8. The van der Waals surface area contributed by atoms with Gasteiger partial charge in [0.15, 0.2) is 5.82 Å². The molecule has 162 valence electrons. The van der Waals surface area contributed by atoms with Gasteiger partial charge in [-0.2, -0.15) is 0 Å². The number of piperazine rings is 1. The zero-order valence-corrected chi connectivity index (χ0v) is 17.8. The molecule has 0 spiro atoms. The summed E-state index contributed by atoms with van der Waals surface area (Å²) >= 11 is 0. The van der Waals surface area contributed by atoms with Crippen molar-refractivity contribution < 1.29 is 4.39 Å². The molecule has 2 aliphatic rings. The van der Waals surface area contributed by atoms with Gasteiger partial charge in [0.1, 0.15) is 11.9 Å². The zero-order valence-electron chi connectivity index (χ0n) is 17.8. The Hall–Kier alpha value is -2.80. The quantitative estimate of drug-likeness (QED) is 0.618. The first kappa shape index (κ1) is 20.1. The summed E-state index contributed by atoms with van der Waals surface area (Å²) in [6.07, 6.45) is 5.84. The first-order valence-corrected chi connectivity index (χ1v) is 11.4. The van der Waals surface area contributed by atoms with Crippen LogP contribution in [0, 0.1) is 5.82 Å². The van der Waals surface area contributed by atoms with E-state index in [0.717, 1.165) is 44.8 Å². The Labute approximate surface area is 182 Å². The molecule has 7 heteroatoms. The predicted octanol–water partition coefficient (Wildman–Crippen LogP) is 4.23. The minimum absolute atomic E-state index is 0.198. The van der Waals surface area contributed by atoms with Crippen LogP contribution in [0.2, 0.25) is 0 Å². The third-order valence-corrected chi connectivity index (χ3v) is 6.68. The second kappa shape index (κ2) is 9.14. The van der Waals surface area contributed by atoms with Gasteiger partial charge in [0.05, 0.1) is 6.04 Å². The Kier molecular flexibility index (Phi) is 5.93. The standard InChI is InChI=1S/C24H29FN6/c25-22-14-8-7-13-21(22)23(24-26-27-28-31(24)20-11-5-2-6-12-20)30-17-15-29(16-18-30)19-9-3-1-4-10-19/h1,3-4,7-10,13-14,20,23H,2,5-6,11-12,15-18H2. The maximum atomic E-state index is 15.0. The fourth-order valence-electron chi connectivity index (χ4n) is 5.04. The van der Waals surface area contributed by atoms with Crippen LogP contribution in [0.5, 0.6) is 0 Å². The minimum atomic E-state index is -0.281. The minimum Gasteiger partial charge on any atom is -0.369 e. The number of tetrazole rings is 1. The van der Waals surface area contributed by atoms with E-state index in [-0.39, 0.29) is 11.9 Å². The van der Waals surface area contributed by atoms with E-state index in [9.17, 15) is 4.39 Å². The molecule has 31 heavy (non-hydrogen) atoms. The molecule has 0 radical (unpaired) electrons. The van der Waals surface area contributed by atoms with Gasteiger partial charge in [0.2, 0.25) is 0 Å². The summed E-state index contributed by atoms with van der Waals surface area (Å²) < 4.78 is 17.0. The number of benzene rings is 2. The molecule has 1 atom stereocenters. The highest BCUT2D eigenvalue weighted by Gasteiger charge is 2.34. The Bertz CT molecular complexity index is 976. The number of hydrogen-bond acceptors (Lipinski definition) is 5. The van der Waals surface area contributed by atoms with Crippen molar-refractivity contribution in [2.45, 2.75) is 44.2 Å². The molecular formula is C24H29FN6. The lowest BCUT2D eigenvalue weighted by Crippen LogP contribution is -2.48. The van der Waals surface area contributed by atoms with Gasteiger partial charge in [0, 0.05) is 37.4 Å². The van der Waals surface area contributed by atoms with E-state index in [1.807, 2.05) is 22.9 Å². The van der Waals surface area contributed by atoms with Gasteiger partial charge in [-0.3, -0.25) is 4.90 Å². The normalized spacial score (nSPS) is 19.5. The van der Waals surface area contributed by atoms with Crippen molar-refractivity contribution in [1.82, 2.24) is 25.1 Å². The molecule has 2 aromatic carbocycles. The fraction of sp³-hybridized carbons (Fsp3) is 0.458. The van der Waals surface area contributed by atoms with Gasteiger partial charge in [-0.25, -0.2) is 9.07 Å². The largest absolute Gasteiger partial charge is 0.369 e. The van der Waals surface area contributed by atoms with Crippen LogP contribution >= 0.6 is 0 Å². The van der Waals surface area contributed by atoms with E-state index in [1.54, 1.807) is 6.07 Å². The summed E-state index contributed by atoms with van der Waals surface area (Å²) in [5.74, 6) is 0.571. The van der Waals surface area contributed by atoms with E-state index < -0.39 is 0 Å². The summed E-state index contributed by atoms with van der Waals surface area (Å²) in [7, 11) is 0. The number of halogens is 1. The number of hydrogen-bond donors (Lipinski definition) is 0. The topological polar surface area (TPSA) is 50.1 Å². The van der Waals surface area contributed by atoms with Crippen molar-refractivity contribution in [1.29, 1.82) is 0 Å². The highest BCUT2D eigenvalue weighted by Crippen LogP contribution is 2.34. The average Bonchev–Trinajstić information content (AvgIpc) is 3.32. The van der Waals surface area contributed by atoms with Gasteiger partial charge in [-0.1, -0.05) is 55.7 Å². The highest BCUT2D eigenvalue weighted by molar-refractivity contribution is 5.46. The van der Waals surface area contributed by atoms with Crippen LogP contribution in [0.15, 0.2) is 54.6 Å². The van der Waals surface area contributed by atoms with E-state index >= 15 is 0 Å². The van der Waals surface area contributed by atoms with E-state index in [0.29, 0.717) is 11.6 Å². The Balaban J connectivity index is 1.44. The first-order valence-electron chi connectivity index (χ1n) is 11.4. The molecule has 1 saturated carbocycles. The first-order chi connectivity index (χ1) is 15.3. The lowest BCUT2D eigenvalue weighted by molar-refractivity contribution is 0.190. The van der Waals surface area contributed by atoms with Gasteiger partial charge in [0.25, 0.3) is 0 Å². The Morgan fingerprint density at radius 2 is 1.55 bits per heavy atom. The highest BCUT2D eigenvalue weighted by atomic mass is 19.1. The van der Waals surface area contributed by atoms with Crippen LogP contribution in [0.25, 0.3) is 0 Å². The van der Waals surface area contributed by atoms with E-state index in [4.69, 9.17) is 0 Å². The van der Waals surface area contributed by atoms with E-state index in [1.165, 1.54) is 31.0 Å². The molecule has 1 aliphatic heterocycles. The summed E-state index contributed by atoms with van der Waals surface area (Å²) in [6, 6.07) is 17.6. The molecule has 2 heterocycles. The van der Waals surface area contributed by atoms with Gasteiger partial charge >= 0.3 is 0 Å². The number of anilines is 1. The predicted molar refractivity (Wildman–Crippen MR) is 118 cm³/mol. The molecule has 0 amide bonds. The molecule has 2 fully saturated rings. The SMILES string of the molecule is Fc1ccccc1C(c1nnnn1C1CCCCC1)N1CCN(c2ccccc2)CC1. The van der Waals surface area contributed by atoms with Crippen LogP contribution in [-0.4, -0.2) is 51.3 Å². The van der Waals surface area contributed by atoms with Crippen molar-refractivity contribution >= 4 is 5.69 Å². The average molecular weight is 421 g/mol. The van der Waals surface area contributed by atoms with Crippen molar-refractivity contribution in [3.8, 4) is 0 Å². The molecule has 3 aromatic rings. The van der Waals surface area contributed by atoms with E-state index in [2.05, 4.69) is 49.6 Å². The molecule has 1 saturated heterocycles. The van der Waals surface area contributed by atoms with Gasteiger partial charge < -0.3 is 4.90 Å². The number of rotatable bonds is 5. The van der Waals surface area contributed by atoms with Crippen LogP contribution < -0.4 is 4.90 Å². The smallest absolute Gasteiger partial charge is 0.173 e. The monoisotopic (exact) mass is 420 g/mol. The van der Waals surface area contributed by atoms with Gasteiger partial charge in [-0.15, -0.1) is 5.10 Å². The van der Waals surface area contributed by atoms with Crippen LogP contribution in [0.4, 0.5) is 10.1 Å². The van der Waals surface area contributed by atoms with Crippen LogP contribution in [-0.2, 0) is 0 Å². The maximum absolute atomic E-state index is 15.0. The number of nitrogens with zero attached hydrogens (tertiary/aromatic N) is 6. The molecule has 1 aromatic heterocycles. The van der Waals surface area contributed by atoms with Crippen LogP contribution in [0.1, 0.15) is 55.6 Å². The summed E-state index contributed by atoms with van der Waals surface area (Å²) in [4.78, 5) is 4.72. The molecule has 0 N–H and O–H groups in total. The van der Waals surface area contributed by atoms with Crippen molar-refractivity contribution in [2.24, 2.45) is 0 Å². The lowest BCUT2D eigenvalue weighted by Gasteiger charge is -2.40. The zero-order chi connectivity index (χ0) is 21.0.